The summed E-state index contributed by atoms with van der Waals surface area (Å²) in [5.74, 6) is -0.407. The number of nitro groups is 1. The highest BCUT2D eigenvalue weighted by Crippen LogP contribution is 2.33. The maximum absolute atomic E-state index is 11.6. The zero-order valence-corrected chi connectivity index (χ0v) is 12.8. The number of aromatic nitrogens is 1. The predicted molar refractivity (Wildman–Crippen MR) is 87.1 cm³/mol. The van der Waals surface area contributed by atoms with Crippen molar-refractivity contribution in [3.05, 3.63) is 69.9 Å². The Bertz CT molecular complexity index is 902. The minimum atomic E-state index is -0.541. The number of ether oxygens (including phenoxy) is 2. The van der Waals surface area contributed by atoms with Gasteiger partial charge in [0.2, 0.25) is 0 Å². The highest BCUT2D eigenvalue weighted by atomic mass is 16.6. The molecule has 0 unspecified atom stereocenters. The quantitative estimate of drug-likeness (QED) is 0.440. The molecule has 1 N–H and O–H groups in total. The minimum Gasteiger partial charge on any atom is -0.482 e. The Balaban J connectivity index is 1.97. The number of nitro benzene ring substituents is 1. The fraction of sp³-hybridized carbons (Fsp3) is 0.118. The zero-order chi connectivity index (χ0) is 17.1. The van der Waals surface area contributed by atoms with Crippen molar-refractivity contribution in [1.82, 2.24) is 4.98 Å². The summed E-state index contributed by atoms with van der Waals surface area (Å²) >= 11 is 0. The number of aromatic amines is 1. The number of hydrogen-bond donors (Lipinski definition) is 1. The summed E-state index contributed by atoms with van der Waals surface area (Å²) < 4.78 is 10.3. The molecule has 0 bridgehead atoms. The van der Waals surface area contributed by atoms with Crippen molar-refractivity contribution in [2.24, 2.45) is 0 Å². The molecule has 0 saturated carbocycles. The van der Waals surface area contributed by atoms with Crippen molar-refractivity contribution in [2.45, 2.75) is 6.61 Å². The lowest BCUT2D eigenvalue weighted by Crippen LogP contribution is -2.00. The Morgan fingerprint density at radius 1 is 1.21 bits per heavy atom. The SMILES string of the molecule is COC(=O)c1cc2cc([N+](=O)[O-])c(OCc3ccccc3)cc2[nH]1. The summed E-state index contributed by atoms with van der Waals surface area (Å²) in [4.78, 5) is 25.2. The van der Waals surface area contributed by atoms with E-state index in [4.69, 9.17) is 4.74 Å². The van der Waals surface area contributed by atoms with Crippen molar-refractivity contribution in [3.8, 4) is 5.75 Å². The standard InChI is InChI=1S/C17H14N2O5/c1-23-17(20)14-7-12-8-15(19(21)22)16(9-13(12)18-14)24-10-11-5-3-2-4-6-11/h2-9,18H,10H2,1H3. The molecule has 0 spiro atoms. The van der Waals surface area contributed by atoms with E-state index in [1.807, 2.05) is 30.3 Å². The summed E-state index contributed by atoms with van der Waals surface area (Å²) in [7, 11) is 1.27. The topological polar surface area (TPSA) is 94.5 Å². The Kier molecular flexibility index (Phi) is 4.15. The fourth-order valence-corrected chi connectivity index (χ4v) is 2.36. The number of carbonyl (C=O) groups is 1. The summed E-state index contributed by atoms with van der Waals surface area (Å²) in [6.45, 7) is 0.206. The first-order valence-corrected chi connectivity index (χ1v) is 7.14. The molecule has 0 aliphatic rings. The number of methoxy groups -OCH3 is 1. The Morgan fingerprint density at radius 3 is 2.62 bits per heavy atom. The maximum Gasteiger partial charge on any atom is 0.354 e. The second-order valence-electron chi connectivity index (χ2n) is 5.11. The highest BCUT2D eigenvalue weighted by Gasteiger charge is 2.19. The molecule has 2 aromatic carbocycles. The van der Waals surface area contributed by atoms with Crippen molar-refractivity contribution >= 4 is 22.6 Å². The van der Waals surface area contributed by atoms with Crippen LogP contribution in [0.1, 0.15) is 16.1 Å². The van der Waals surface area contributed by atoms with Gasteiger partial charge in [0.15, 0.2) is 5.75 Å². The molecule has 3 rings (SSSR count). The third kappa shape index (κ3) is 3.05. The van der Waals surface area contributed by atoms with Crippen LogP contribution in [0.4, 0.5) is 5.69 Å². The second kappa shape index (κ2) is 6.41. The first-order valence-electron chi connectivity index (χ1n) is 7.14. The number of rotatable bonds is 5. The molecule has 0 aliphatic heterocycles. The van der Waals surface area contributed by atoms with Crippen molar-refractivity contribution in [1.29, 1.82) is 0 Å². The van der Waals surface area contributed by atoms with Crippen LogP contribution in [0.2, 0.25) is 0 Å². The first kappa shape index (κ1) is 15.5. The van der Waals surface area contributed by atoms with E-state index in [0.29, 0.717) is 10.9 Å². The summed E-state index contributed by atoms with van der Waals surface area (Å²) in [5, 5.41) is 11.8. The molecule has 0 aliphatic carbocycles. The van der Waals surface area contributed by atoms with E-state index in [9.17, 15) is 14.9 Å². The van der Waals surface area contributed by atoms with Crippen LogP contribution in [0.25, 0.3) is 10.9 Å². The van der Waals surface area contributed by atoms with Gasteiger partial charge in [0.05, 0.1) is 17.5 Å². The maximum atomic E-state index is 11.6. The number of nitrogens with one attached hydrogen (secondary N) is 1. The first-order chi connectivity index (χ1) is 11.6. The average Bonchev–Trinajstić information content (AvgIpc) is 3.02. The molecule has 0 radical (unpaired) electrons. The molecule has 0 saturated heterocycles. The molecule has 3 aromatic rings. The molecule has 122 valence electrons. The van der Waals surface area contributed by atoms with Gasteiger partial charge in [-0.3, -0.25) is 10.1 Å². The number of hydrogen-bond acceptors (Lipinski definition) is 5. The predicted octanol–water partition coefficient (Wildman–Crippen LogP) is 3.44. The van der Waals surface area contributed by atoms with E-state index < -0.39 is 10.9 Å². The minimum absolute atomic E-state index is 0.134. The molecular formula is C17H14N2O5. The monoisotopic (exact) mass is 326 g/mol. The van der Waals surface area contributed by atoms with Gasteiger partial charge in [-0.1, -0.05) is 30.3 Å². The summed E-state index contributed by atoms with van der Waals surface area (Å²) in [6, 6.07) is 13.7. The van der Waals surface area contributed by atoms with E-state index in [2.05, 4.69) is 9.72 Å². The molecular weight excluding hydrogens is 312 g/mol. The van der Waals surface area contributed by atoms with E-state index >= 15 is 0 Å². The lowest BCUT2D eigenvalue weighted by Gasteiger charge is -2.07. The molecule has 7 nitrogen and oxygen atoms in total. The lowest BCUT2D eigenvalue weighted by atomic mass is 10.2. The van der Waals surface area contributed by atoms with Crippen LogP contribution in [0.15, 0.2) is 48.5 Å². The molecule has 0 fully saturated rings. The average molecular weight is 326 g/mol. The van der Waals surface area contributed by atoms with Gasteiger partial charge in [-0.15, -0.1) is 0 Å². The number of nitrogens with zero attached hydrogens (tertiary/aromatic N) is 1. The summed E-state index contributed by atoms with van der Waals surface area (Å²) in [6.07, 6.45) is 0. The highest BCUT2D eigenvalue weighted by molar-refractivity contribution is 5.96. The van der Waals surface area contributed by atoms with Crippen LogP contribution >= 0.6 is 0 Å². The normalized spacial score (nSPS) is 10.5. The van der Waals surface area contributed by atoms with Crippen molar-refractivity contribution < 1.29 is 19.2 Å². The molecule has 1 aromatic heterocycles. The molecule has 0 atom stereocenters. The van der Waals surface area contributed by atoms with Crippen LogP contribution in [0.5, 0.6) is 5.75 Å². The van der Waals surface area contributed by atoms with E-state index in [1.54, 1.807) is 0 Å². The Labute approximate surface area is 137 Å². The van der Waals surface area contributed by atoms with Gasteiger partial charge >= 0.3 is 11.7 Å². The van der Waals surface area contributed by atoms with Crippen molar-refractivity contribution in [2.75, 3.05) is 7.11 Å². The molecule has 1 heterocycles. The van der Waals surface area contributed by atoms with Gasteiger partial charge in [-0.25, -0.2) is 4.79 Å². The van der Waals surface area contributed by atoms with E-state index in [1.165, 1.54) is 25.3 Å². The number of carbonyl (C=O) groups excluding carboxylic acids is 1. The van der Waals surface area contributed by atoms with Crippen LogP contribution in [0.3, 0.4) is 0 Å². The van der Waals surface area contributed by atoms with Crippen molar-refractivity contribution in [3.63, 3.8) is 0 Å². The van der Waals surface area contributed by atoms with Gasteiger partial charge in [0, 0.05) is 17.5 Å². The van der Waals surface area contributed by atoms with Gasteiger partial charge in [-0.05, 0) is 11.6 Å². The van der Waals surface area contributed by atoms with E-state index in [0.717, 1.165) is 5.56 Å². The summed E-state index contributed by atoms with van der Waals surface area (Å²) in [5.41, 5.74) is 1.52. The van der Waals surface area contributed by atoms with E-state index in [-0.39, 0.29) is 23.7 Å². The van der Waals surface area contributed by atoms with Crippen LogP contribution in [-0.4, -0.2) is 23.0 Å². The third-order valence-electron chi connectivity index (χ3n) is 3.54. The van der Waals surface area contributed by atoms with Crippen LogP contribution in [-0.2, 0) is 11.3 Å². The van der Waals surface area contributed by atoms with Gasteiger partial charge in [0.1, 0.15) is 12.3 Å². The fourth-order valence-electron chi connectivity index (χ4n) is 2.36. The largest absolute Gasteiger partial charge is 0.482 e. The smallest absolute Gasteiger partial charge is 0.354 e. The number of benzene rings is 2. The second-order valence-corrected chi connectivity index (χ2v) is 5.11. The molecule has 24 heavy (non-hydrogen) atoms. The number of esters is 1. The van der Waals surface area contributed by atoms with Gasteiger partial charge in [0.25, 0.3) is 0 Å². The van der Waals surface area contributed by atoms with Gasteiger partial charge < -0.3 is 14.5 Å². The Hall–Kier alpha value is -3.35. The van der Waals surface area contributed by atoms with Crippen LogP contribution in [0, 0.1) is 10.1 Å². The number of fused-ring (bicyclic) bond motifs is 1. The molecule has 0 amide bonds. The van der Waals surface area contributed by atoms with Gasteiger partial charge in [-0.2, -0.15) is 0 Å². The van der Waals surface area contributed by atoms with Crippen LogP contribution < -0.4 is 4.74 Å². The number of H-pyrrole nitrogens is 1. The molecule has 7 heteroatoms. The third-order valence-corrected chi connectivity index (χ3v) is 3.54. The zero-order valence-electron chi connectivity index (χ0n) is 12.8. The Morgan fingerprint density at radius 2 is 1.96 bits per heavy atom. The lowest BCUT2D eigenvalue weighted by molar-refractivity contribution is -0.385.